The van der Waals surface area contributed by atoms with Crippen LogP contribution in [0.2, 0.25) is 0 Å². The second-order valence-electron chi connectivity index (χ2n) is 4.99. The fourth-order valence-electron chi connectivity index (χ4n) is 2.25. The standard InChI is InChI=1S/C16H13NO4/c1-16(2,11-6-4-3-5-7-11)14-10-12(17(20)21)8-9-13(14)15(18)19/h3-10H,1H2,2H3/p+1. The first-order chi connectivity index (χ1) is 9.84. The minimum Gasteiger partial charge on any atom is -0.478 e. The van der Waals surface area contributed by atoms with E-state index in [1.165, 1.54) is 18.2 Å². The van der Waals surface area contributed by atoms with Gasteiger partial charge in [-0.25, -0.2) is 4.79 Å². The Labute approximate surface area is 122 Å². The molecule has 0 saturated heterocycles. The Morgan fingerprint density at radius 2 is 1.86 bits per heavy atom. The number of benzene rings is 2. The average Bonchev–Trinajstić information content (AvgIpc) is 2.47. The lowest BCUT2D eigenvalue weighted by Crippen LogP contribution is -2.23. The molecule has 0 aliphatic carbocycles. The predicted octanol–water partition coefficient (Wildman–Crippen LogP) is 3.43. The Balaban J connectivity index is 2.67. The van der Waals surface area contributed by atoms with E-state index in [9.17, 15) is 20.0 Å². The Bertz CT molecular complexity index is 693. The van der Waals surface area contributed by atoms with Gasteiger partial charge in [-0.05, 0) is 13.0 Å². The van der Waals surface area contributed by atoms with Gasteiger partial charge in [0, 0.05) is 23.3 Å². The van der Waals surface area contributed by atoms with Gasteiger partial charge >= 0.3 is 5.97 Å². The van der Waals surface area contributed by atoms with Crippen molar-refractivity contribution < 1.29 is 14.8 Å². The van der Waals surface area contributed by atoms with Crippen LogP contribution in [0.5, 0.6) is 0 Å². The number of carboxylic acid groups (broad SMARTS) is 1. The normalized spacial score (nSPS) is 13.4. The van der Waals surface area contributed by atoms with Gasteiger partial charge in [-0.2, -0.15) is 0 Å². The van der Waals surface area contributed by atoms with E-state index in [2.05, 4.69) is 6.92 Å². The highest BCUT2D eigenvalue weighted by atomic mass is 16.6. The van der Waals surface area contributed by atoms with Gasteiger partial charge in [0.25, 0.3) is 5.69 Å². The maximum atomic E-state index is 11.4. The van der Waals surface area contributed by atoms with Gasteiger partial charge in [-0.15, -0.1) is 0 Å². The number of aromatic carboxylic acids is 1. The molecule has 5 nitrogen and oxygen atoms in total. The minimum absolute atomic E-state index is 0.0157. The number of nitrogens with zero attached hydrogens (tertiary/aromatic N) is 1. The van der Waals surface area contributed by atoms with Crippen molar-refractivity contribution in [2.24, 2.45) is 0 Å². The zero-order valence-electron chi connectivity index (χ0n) is 11.4. The van der Waals surface area contributed by atoms with Crippen LogP contribution in [0, 0.1) is 17.0 Å². The van der Waals surface area contributed by atoms with Crippen molar-refractivity contribution in [1.82, 2.24) is 0 Å². The number of nitro groups is 1. The summed E-state index contributed by atoms with van der Waals surface area (Å²) < 4.78 is 0. The Morgan fingerprint density at radius 3 is 2.38 bits per heavy atom. The van der Waals surface area contributed by atoms with E-state index in [1.807, 2.05) is 30.3 Å². The summed E-state index contributed by atoms with van der Waals surface area (Å²) in [6.45, 7) is 5.81. The van der Waals surface area contributed by atoms with E-state index in [-0.39, 0.29) is 11.3 Å². The smallest absolute Gasteiger partial charge is 0.336 e. The molecule has 0 aliphatic rings. The third-order valence-corrected chi connectivity index (χ3v) is 3.45. The van der Waals surface area contributed by atoms with Crippen molar-refractivity contribution in [3.8, 4) is 0 Å². The van der Waals surface area contributed by atoms with Crippen molar-refractivity contribution in [2.45, 2.75) is 12.3 Å². The molecule has 2 rings (SSSR count). The second kappa shape index (κ2) is 5.28. The van der Waals surface area contributed by atoms with Gasteiger partial charge in [-0.3, -0.25) is 10.1 Å². The summed E-state index contributed by atoms with van der Waals surface area (Å²) in [6.07, 6.45) is 0. The highest BCUT2D eigenvalue weighted by Gasteiger charge is 2.36. The van der Waals surface area contributed by atoms with Gasteiger partial charge in [0.1, 0.15) is 0 Å². The van der Waals surface area contributed by atoms with Crippen molar-refractivity contribution in [3.05, 3.63) is 82.3 Å². The van der Waals surface area contributed by atoms with Crippen LogP contribution in [0.15, 0.2) is 48.5 Å². The topological polar surface area (TPSA) is 80.4 Å². The average molecular weight is 284 g/mol. The molecule has 0 heterocycles. The van der Waals surface area contributed by atoms with Crippen LogP contribution in [0.1, 0.15) is 28.4 Å². The molecule has 1 atom stereocenters. The summed E-state index contributed by atoms with van der Waals surface area (Å²) in [4.78, 5) is 21.8. The Morgan fingerprint density at radius 1 is 1.24 bits per heavy atom. The molecule has 2 aromatic rings. The molecule has 0 radical (unpaired) electrons. The molecule has 0 amide bonds. The van der Waals surface area contributed by atoms with E-state index < -0.39 is 16.3 Å². The SMILES string of the molecule is [CH2+]C(C)(c1ccccc1)c1cc([N+](=O)[O-])ccc1C(=O)O. The van der Waals surface area contributed by atoms with E-state index in [0.29, 0.717) is 5.56 Å². The maximum absolute atomic E-state index is 11.4. The van der Waals surface area contributed by atoms with Gasteiger partial charge < -0.3 is 5.11 Å². The summed E-state index contributed by atoms with van der Waals surface area (Å²) in [7, 11) is 0. The third-order valence-electron chi connectivity index (χ3n) is 3.45. The summed E-state index contributed by atoms with van der Waals surface area (Å²) >= 11 is 0. The molecule has 106 valence electrons. The molecule has 0 aromatic heterocycles. The maximum Gasteiger partial charge on any atom is 0.336 e. The molecule has 1 unspecified atom stereocenters. The zero-order chi connectivity index (χ0) is 15.6. The number of carbonyl (C=O) groups is 1. The number of hydrogen-bond acceptors (Lipinski definition) is 3. The molecule has 2 aromatic carbocycles. The molecule has 5 heteroatoms. The van der Waals surface area contributed by atoms with E-state index in [4.69, 9.17) is 0 Å². The van der Waals surface area contributed by atoms with Gasteiger partial charge in [0.2, 0.25) is 0 Å². The van der Waals surface area contributed by atoms with Gasteiger partial charge in [0.05, 0.1) is 17.4 Å². The van der Waals surface area contributed by atoms with Crippen LogP contribution >= 0.6 is 0 Å². The van der Waals surface area contributed by atoms with Gasteiger partial charge in [-0.1, -0.05) is 30.3 Å². The first-order valence-corrected chi connectivity index (χ1v) is 6.27. The van der Waals surface area contributed by atoms with E-state index in [0.717, 1.165) is 5.56 Å². The predicted molar refractivity (Wildman–Crippen MR) is 78.3 cm³/mol. The van der Waals surface area contributed by atoms with Crippen LogP contribution in [0.3, 0.4) is 0 Å². The fraction of sp³-hybridized carbons (Fsp3) is 0.125. The van der Waals surface area contributed by atoms with Crippen LogP contribution < -0.4 is 0 Å². The van der Waals surface area contributed by atoms with Crippen LogP contribution in [0.25, 0.3) is 0 Å². The molecule has 0 spiro atoms. The molecule has 0 fully saturated rings. The lowest BCUT2D eigenvalue weighted by Gasteiger charge is -2.20. The first-order valence-electron chi connectivity index (χ1n) is 6.27. The molecule has 21 heavy (non-hydrogen) atoms. The number of rotatable bonds is 4. The number of non-ortho nitro benzene ring substituents is 1. The summed E-state index contributed by atoms with van der Waals surface area (Å²) in [6, 6.07) is 12.8. The number of hydrogen-bond donors (Lipinski definition) is 1. The number of carboxylic acids is 1. The largest absolute Gasteiger partial charge is 0.478 e. The molecular weight excluding hydrogens is 270 g/mol. The van der Waals surface area contributed by atoms with Crippen LogP contribution in [-0.4, -0.2) is 16.0 Å². The third kappa shape index (κ3) is 2.72. The van der Waals surface area contributed by atoms with Crippen LogP contribution in [0.4, 0.5) is 5.69 Å². The first kappa shape index (κ1) is 14.6. The quantitative estimate of drug-likeness (QED) is 0.530. The molecule has 1 N–H and O–H groups in total. The monoisotopic (exact) mass is 284 g/mol. The van der Waals surface area contributed by atoms with Gasteiger partial charge in [0.15, 0.2) is 5.41 Å². The lowest BCUT2D eigenvalue weighted by atomic mass is 9.76. The van der Waals surface area contributed by atoms with Crippen molar-refractivity contribution >= 4 is 11.7 Å². The summed E-state index contributed by atoms with van der Waals surface area (Å²) in [5.74, 6) is -1.13. The Kier molecular flexibility index (Phi) is 3.67. The molecule has 0 bridgehead atoms. The highest BCUT2D eigenvalue weighted by molar-refractivity contribution is 5.90. The molecule has 0 saturated carbocycles. The summed E-state index contributed by atoms with van der Waals surface area (Å²) in [5, 5.41) is 20.2. The minimum atomic E-state index is -1.13. The van der Waals surface area contributed by atoms with Crippen molar-refractivity contribution in [3.63, 3.8) is 0 Å². The van der Waals surface area contributed by atoms with Crippen LogP contribution in [-0.2, 0) is 5.41 Å². The van der Waals surface area contributed by atoms with E-state index >= 15 is 0 Å². The highest BCUT2D eigenvalue weighted by Crippen LogP contribution is 2.35. The Hall–Kier alpha value is -2.82. The lowest BCUT2D eigenvalue weighted by molar-refractivity contribution is -0.384. The molecule has 0 aliphatic heterocycles. The molecular formula is C16H14NO4+. The zero-order valence-corrected chi connectivity index (χ0v) is 11.4. The fourth-order valence-corrected chi connectivity index (χ4v) is 2.25. The van der Waals surface area contributed by atoms with Crippen molar-refractivity contribution in [2.75, 3.05) is 0 Å². The van der Waals surface area contributed by atoms with E-state index in [1.54, 1.807) is 6.92 Å². The number of nitro benzene ring substituents is 1. The van der Waals surface area contributed by atoms with Crippen molar-refractivity contribution in [1.29, 1.82) is 0 Å². The summed E-state index contributed by atoms with van der Waals surface area (Å²) in [5.41, 5.74) is 0.0623. The second-order valence-corrected chi connectivity index (χ2v) is 4.99.